The summed E-state index contributed by atoms with van der Waals surface area (Å²) >= 11 is 0. The van der Waals surface area contributed by atoms with E-state index in [9.17, 15) is 4.79 Å². The number of aromatic nitrogens is 2. The molecular formula is C26H33N3O3. The number of fused-ring (bicyclic) bond motifs is 1. The smallest absolute Gasteiger partial charge is 0.249 e. The maximum Gasteiger partial charge on any atom is 0.249 e. The largest absolute Gasteiger partial charge is 0.492 e. The quantitative estimate of drug-likeness (QED) is 0.510. The molecule has 1 amide bonds. The summed E-state index contributed by atoms with van der Waals surface area (Å²) in [5, 5.41) is 3.00. The van der Waals surface area contributed by atoms with Crippen LogP contribution in [0.2, 0.25) is 0 Å². The molecule has 2 aromatic carbocycles. The Morgan fingerprint density at radius 1 is 1.25 bits per heavy atom. The second-order valence-electron chi connectivity index (χ2n) is 8.44. The van der Waals surface area contributed by atoms with Crippen molar-refractivity contribution in [3.05, 3.63) is 59.9 Å². The number of nitrogens with one attached hydrogen (secondary N) is 1. The highest BCUT2D eigenvalue weighted by molar-refractivity contribution is 5.81. The topological polar surface area (TPSA) is 65.4 Å². The van der Waals surface area contributed by atoms with Crippen molar-refractivity contribution in [1.29, 1.82) is 0 Å². The average molecular weight is 436 g/mol. The van der Waals surface area contributed by atoms with Crippen LogP contribution >= 0.6 is 0 Å². The number of carbonyl (C=O) groups excluding carboxylic acids is 1. The van der Waals surface area contributed by atoms with Crippen molar-refractivity contribution in [2.24, 2.45) is 0 Å². The summed E-state index contributed by atoms with van der Waals surface area (Å²) in [6.07, 6.45) is 3.25. The van der Waals surface area contributed by atoms with E-state index in [-0.39, 0.29) is 12.0 Å². The first kappa shape index (κ1) is 22.3. The molecule has 1 aliphatic heterocycles. The van der Waals surface area contributed by atoms with E-state index >= 15 is 0 Å². The standard InChI is InChI=1S/C26H33N3O3/c1-3-19(2)20-10-12-21(13-11-20)31-18-16-29-23-8-5-4-7-22(23)28-25(29)14-15-27-26(30)24-9-6-17-32-24/h4-5,7-8,10-13,19,24H,3,6,9,14-18H2,1-2H3,(H,27,30). The monoisotopic (exact) mass is 435 g/mol. The SMILES string of the molecule is CCC(C)c1ccc(OCCn2c(CCNC(=O)C3CCCO3)nc3ccccc32)cc1. The molecule has 0 aliphatic carbocycles. The molecule has 6 nitrogen and oxygen atoms in total. The summed E-state index contributed by atoms with van der Waals surface area (Å²) in [5.74, 6) is 2.38. The lowest BCUT2D eigenvalue weighted by atomic mass is 9.99. The number of hydrogen-bond donors (Lipinski definition) is 1. The van der Waals surface area contributed by atoms with Gasteiger partial charge < -0.3 is 19.4 Å². The first-order valence-electron chi connectivity index (χ1n) is 11.7. The van der Waals surface area contributed by atoms with Gasteiger partial charge in [0, 0.05) is 19.6 Å². The van der Waals surface area contributed by atoms with E-state index in [4.69, 9.17) is 14.5 Å². The van der Waals surface area contributed by atoms with Crippen LogP contribution in [0.15, 0.2) is 48.5 Å². The first-order valence-corrected chi connectivity index (χ1v) is 11.7. The van der Waals surface area contributed by atoms with Gasteiger partial charge in [0.2, 0.25) is 5.91 Å². The van der Waals surface area contributed by atoms with E-state index in [1.165, 1.54) is 5.56 Å². The lowest BCUT2D eigenvalue weighted by Crippen LogP contribution is -2.35. The molecule has 1 fully saturated rings. The van der Waals surface area contributed by atoms with Crippen LogP contribution in [0, 0.1) is 0 Å². The average Bonchev–Trinajstić information content (AvgIpc) is 3.48. The molecule has 1 saturated heterocycles. The van der Waals surface area contributed by atoms with Gasteiger partial charge in [-0.05, 0) is 55.0 Å². The van der Waals surface area contributed by atoms with Gasteiger partial charge in [0.05, 0.1) is 17.6 Å². The molecule has 1 aliphatic rings. The van der Waals surface area contributed by atoms with E-state index in [0.717, 1.165) is 41.9 Å². The van der Waals surface area contributed by atoms with Crippen molar-refractivity contribution >= 4 is 16.9 Å². The maximum atomic E-state index is 12.2. The molecule has 2 heterocycles. The molecule has 32 heavy (non-hydrogen) atoms. The van der Waals surface area contributed by atoms with Crippen LogP contribution in [-0.4, -0.2) is 41.3 Å². The zero-order chi connectivity index (χ0) is 22.3. The lowest BCUT2D eigenvalue weighted by Gasteiger charge is -2.13. The van der Waals surface area contributed by atoms with Crippen molar-refractivity contribution in [3.63, 3.8) is 0 Å². The molecule has 0 spiro atoms. The number of hydrogen-bond acceptors (Lipinski definition) is 4. The van der Waals surface area contributed by atoms with Crippen LogP contribution in [0.4, 0.5) is 0 Å². The zero-order valence-corrected chi connectivity index (χ0v) is 19.0. The van der Waals surface area contributed by atoms with Gasteiger partial charge in [0.15, 0.2) is 0 Å². The predicted octanol–water partition coefficient (Wildman–Crippen LogP) is 4.47. The fourth-order valence-electron chi connectivity index (χ4n) is 4.14. The highest BCUT2D eigenvalue weighted by Gasteiger charge is 2.23. The predicted molar refractivity (Wildman–Crippen MR) is 126 cm³/mol. The van der Waals surface area contributed by atoms with Crippen molar-refractivity contribution in [3.8, 4) is 5.75 Å². The van der Waals surface area contributed by atoms with Gasteiger partial charge in [0.25, 0.3) is 0 Å². The van der Waals surface area contributed by atoms with E-state index in [0.29, 0.717) is 38.6 Å². The van der Waals surface area contributed by atoms with Crippen LogP contribution < -0.4 is 10.1 Å². The number of benzene rings is 2. The summed E-state index contributed by atoms with van der Waals surface area (Å²) in [5.41, 5.74) is 3.39. The van der Waals surface area contributed by atoms with E-state index in [2.05, 4.69) is 54.1 Å². The second kappa shape index (κ2) is 10.6. The number of ether oxygens (including phenoxy) is 2. The number of nitrogens with zero attached hydrogens (tertiary/aromatic N) is 2. The van der Waals surface area contributed by atoms with Crippen LogP contribution in [0.1, 0.15) is 50.4 Å². The van der Waals surface area contributed by atoms with Crippen molar-refractivity contribution in [2.45, 2.75) is 58.1 Å². The summed E-state index contributed by atoms with van der Waals surface area (Å²) in [6.45, 7) is 6.91. The minimum absolute atomic E-state index is 0.0191. The van der Waals surface area contributed by atoms with Gasteiger partial charge >= 0.3 is 0 Å². The van der Waals surface area contributed by atoms with Gasteiger partial charge in [-0.3, -0.25) is 4.79 Å². The van der Waals surface area contributed by atoms with Crippen molar-refractivity contribution < 1.29 is 14.3 Å². The Hall–Kier alpha value is -2.86. The molecule has 1 N–H and O–H groups in total. The highest BCUT2D eigenvalue weighted by Crippen LogP contribution is 2.22. The molecule has 0 radical (unpaired) electrons. The van der Waals surface area contributed by atoms with E-state index < -0.39 is 0 Å². The lowest BCUT2D eigenvalue weighted by molar-refractivity contribution is -0.130. The van der Waals surface area contributed by atoms with Crippen LogP contribution in [0.5, 0.6) is 5.75 Å². The fraction of sp³-hybridized carbons (Fsp3) is 0.462. The Bertz CT molecular complexity index is 1020. The molecule has 1 aromatic heterocycles. The molecule has 0 bridgehead atoms. The minimum Gasteiger partial charge on any atom is -0.492 e. The number of para-hydroxylation sites is 2. The zero-order valence-electron chi connectivity index (χ0n) is 19.0. The van der Waals surface area contributed by atoms with Crippen LogP contribution in [0.3, 0.4) is 0 Å². The summed E-state index contributed by atoms with van der Waals surface area (Å²) in [4.78, 5) is 17.0. The fourth-order valence-corrected chi connectivity index (χ4v) is 4.14. The van der Waals surface area contributed by atoms with Crippen LogP contribution in [-0.2, 0) is 22.5 Å². The third kappa shape index (κ3) is 5.30. The Balaban J connectivity index is 1.37. The number of rotatable bonds is 10. The third-order valence-corrected chi connectivity index (χ3v) is 6.25. The Kier molecular flexibility index (Phi) is 7.43. The third-order valence-electron chi connectivity index (χ3n) is 6.25. The Morgan fingerprint density at radius 3 is 2.81 bits per heavy atom. The molecule has 3 aromatic rings. The number of amides is 1. The van der Waals surface area contributed by atoms with Gasteiger partial charge in [-0.25, -0.2) is 4.98 Å². The summed E-state index contributed by atoms with van der Waals surface area (Å²) < 4.78 is 13.7. The molecule has 2 unspecified atom stereocenters. The van der Waals surface area contributed by atoms with Gasteiger partial charge in [-0.2, -0.15) is 0 Å². The van der Waals surface area contributed by atoms with Crippen molar-refractivity contribution in [2.75, 3.05) is 19.8 Å². The summed E-state index contributed by atoms with van der Waals surface area (Å²) in [7, 11) is 0. The Labute approximate surface area is 189 Å². The van der Waals surface area contributed by atoms with E-state index in [1.807, 2.05) is 18.2 Å². The number of carbonyl (C=O) groups is 1. The van der Waals surface area contributed by atoms with Gasteiger partial charge in [-0.1, -0.05) is 38.1 Å². The molecule has 2 atom stereocenters. The molecule has 4 rings (SSSR count). The van der Waals surface area contributed by atoms with Crippen molar-refractivity contribution in [1.82, 2.24) is 14.9 Å². The molecule has 6 heteroatoms. The van der Waals surface area contributed by atoms with Gasteiger partial charge in [-0.15, -0.1) is 0 Å². The Morgan fingerprint density at radius 2 is 2.06 bits per heavy atom. The van der Waals surface area contributed by atoms with Gasteiger partial charge in [0.1, 0.15) is 24.3 Å². The normalized spacial score (nSPS) is 16.9. The first-order chi connectivity index (χ1) is 15.7. The second-order valence-corrected chi connectivity index (χ2v) is 8.44. The summed E-state index contributed by atoms with van der Waals surface area (Å²) in [6, 6.07) is 16.5. The molecule has 0 saturated carbocycles. The van der Waals surface area contributed by atoms with Crippen LogP contribution in [0.25, 0.3) is 11.0 Å². The maximum absolute atomic E-state index is 12.2. The van der Waals surface area contributed by atoms with E-state index in [1.54, 1.807) is 0 Å². The number of imidazole rings is 1. The highest BCUT2D eigenvalue weighted by atomic mass is 16.5. The minimum atomic E-state index is -0.297. The molecular weight excluding hydrogens is 402 g/mol. The molecule has 170 valence electrons.